The van der Waals surface area contributed by atoms with Crippen LogP contribution in [0.4, 0.5) is 0 Å². The van der Waals surface area contributed by atoms with Crippen molar-refractivity contribution in [1.29, 1.82) is 0 Å². The molecule has 0 fully saturated rings. The van der Waals surface area contributed by atoms with E-state index in [4.69, 9.17) is 0 Å². The lowest BCUT2D eigenvalue weighted by atomic mass is 10.00. The lowest BCUT2D eigenvalue weighted by Crippen LogP contribution is -2.10. The van der Waals surface area contributed by atoms with Crippen molar-refractivity contribution in [2.45, 2.75) is 33.6 Å². The second-order valence-electron chi connectivity index (χ2n) is 5.23. The van der Waals surface area contributed by atoms with Gasteiger partial charge in [0, 0.05) is 18.1 Å². The van der Waals surface area contributed by atoms with Crippen LogP contribution >= 0.6 is 0 Å². The quantitative estimate of drug-likeness (QED) is 0.913. The molecule has 0 saturated carbocycles. The fraction of sp³-hybridized carbons (Fsp3) is 0.375. The van der Waals surface area contributed by atoms with Crippen LogP contribution in [0.15, 0.2) is 35.1 Å². The molecule has 0 atom stereocenters. The van der Waals surface area contributed by atoms with Crippen LogP contribution in [0, 0.1) is 5.92 Å². The van der Waals surface area contributed by atoms with Crippen molar-refractivity contribution in [3.63, 3.8) is 0 Å². The van der Waals surface area contributed by atoms with Crippen LogP contribution in [-0.4, -0.2) is 9.97 Å². The molecule has 2 rings (SSSR count). The summed E-state index contributed by atoms with van der Waals surface area (Å²) in [4.78, 5) is 18.8. The number of nitrogens with one attached hydrogen (secondary N) is 1. The zero-order chi connectivity index (χ0) is 13.8. The average molecular weight is 256 g/mol. The van der Waals surface area contributed by atoms with Crippen molar-refractivity contribution >= 4 is 0 Å². The number of aromatic amines is 1. The largest absolute Gasteiger partial charge is 0.311 e. The Kier molecular flexibility index (Phi) is 4.15. The lowest BCUT2D eigenvalue weighted by molar-refractivity contribution is 0.647. The van der Waals surface area contributed by atoms with E-state index in [0.717, 1.165) is 29.9 Å². The van der Waals surface area contributed by atoms with Crippen molar-refractivity contribution < 1.29 is 0 Å². The molecule has 0 aliphatic carbocycles. The fourth-order valence-electron chi connectivity index (χ4n) is 2.15. The molecule has 0 bridgehead atoms. The summed E-state index contributed by atoms with van der Waals surface area (Å²) in [5.41, 5.74) is 2.97. The molecule has 0 unspecified atom stereocenters. The van der Waals surface area contributed by atoms with Crippen molar-refractivity contribution in [3.05, 3.63) is 52.1 Å². The standard InChI is InChI=1S/C16H20N2O/c1-4-15-17-14(10-16(19)18-15)13-7-5-6-12(9-13)8-11(2)3/h5-7,9-11H,4,8H2,1-3H3,(H,17,18,19). The van der Waals surface area contributed by atoms with Gasteiger partial charge >= 0.3 is 0 Å². The molecule has 1 aromatic heterocycles. The number of H-pyrrole nitrogens is 1. The molecule has 0 saturated heterocycles. The molecule has 1 heterocycles. The number of rotatable bonds is 4. The Bertz CT molecular complexity index is 614. The van der Waals surface area contributed by atoms with Crippen molar-refractivity contribution in [3.8, 4) is 11.3 Å². The first-order valence-corrected chi connectivity index (χ1v) is 6.78. The Balaban J connectivity index is 2.41. The molecular formula is C16H20N2O. The summed E-state index contributed by atoms with van der Waals surface area (Å²) in [6.45, 7) is 6.39. The van der Waals surface area contributed by atoms with E-state index < -0.39 is 0 Å². The van der Waals surface area contributed by atoms with Gasteiger partial charge in [-0.3, -0.25) is 4.79 Å². The number of nitrogens with zero attached hydrogens (tertiary/aromatic N) is 1. The number of benzene rings is 1. The van der Waals surface area contributed by atoms with Gasteiger partial charge < -0.3 is 4.98 Å². The third-order valence-electron chi connectivity index (χ3n) is 2.99. The van der Waals surface area contributed by atoms with Gasteiger partial charge in [0.05, 0.1) is 5.69 Å². The van der Waals surface area contributed by atoms with E-state index in [0.29, 0.717) is 5.92 Å². The van der Waals surface area contributed by atoms with E-state index >= 15 is 0 Å². The van der Waals surface area contributed by atoms with Gasteiger partial charge in [-0.2, -0.15) is 0 Å². The molecule has 3 nitrogen and oxygen atoms in total. The maximum absolute atomic E-state index is 11.6. The van der Waals surface area contributed by atoms with Crippen molar-refractivity contribution in [1.82, 2.24) is 9.97 Å². The minimum Gasteiger partial charge on any atom is -0.311 e. The molecular weight excluding hydrogens is 236 g/mol. The first-order valence-electron chi connectivity index (χ1n) is 6.78. The zero-order valence-electron chi connectivity index (χ0n) is 11.7. The molecule has 3 heteroatoms. The number of aromatic nitrogens is 2. The van der Waals surface area contributed by atoms with Crippen LogP contribution in [0.1, 0.15) is 32.2 Å². The second-order valence-corrected chi connectivity index (χ2v) is 5.23. The van der Waals surface area contributed by atoms with Gasteiger partial charge in [0.25, 0.3) is 5.56 Å². The highest BCUT2D eigenvalue weighted by atomic mass is 16.1. The first kappa shape index (κ1) is 13.5. The topological polar surface area (TPSA) is 45.8 Å². The molecule has 0 spiro atoms. The Morgan fingerprint density at radius 2 is 2.05 bits per heavy atom. The van der Waals surface area contributed by atoms with Crippen molar-refractivity contribution in [2.24, 2.45) is 5.92 Å². The maximum Gasteiger partial charge on any atom is 0.251 e. The van der Waals surface area contributed by atoms with Gasteiger partial charge in [0.1, 0.15) is 5.82 Å². The van der Waals surface area contributed by atoms with E-state index in [1.54, 1.807) is 6.07 Å². The summed E-state index contributed by atoms with van der Waals surface area (Å²) in [5, 5.41) is 0. The Hall–Kier alpha value is -1.90. The van der Waals surface area contributed by atoms with Crippen LogP contribution in [0.2, 0.25) is 0 Å². The fourth-order valence-corrected chi connectivity index (χ4v) is 2.15. The van der Waals surface area contributed by atoms with E-state index in [1.165, 1.54) is 5.56 Å². The van der Waals surface area contributed by atoms with E-state index in [9.17, 15) is 4.79 Å². The van der Waals surface area contributed by atoms with Crippen LogP contribution < -0.4 is 5.56 Å². The molecule has 100 valence electrons. The van der Waals surface area contributed by atoms with Gasteiger partial charge in [0.2, 0.25) is 0 Å². The van der Waals surface area contributed by atoms with Crippen LogP contribution in [0.25, 0.3) is 11.3 Å². The van der Waals surface area contributed by atoms with Gasteiger partial charge in [-0.15, -0.1) is 0 Å². The zero-order valence-corrected chi connectivity index (χ0v) is 11.7. The Morgan fingerprint density at radius 1 is 1.26 bits per heavy atom. The lowest BCUT2D eigenvalue weighted by Gasteiger charge is -2.08. The van der Waals surface area contributed by atoms with E-state index in [1.807, 2.05) is 19.1 Å². The molecule has 2 aromatic rings. The number of aryl methyl sites for hydroxylation is 1. The minimum absolute atomic E-state index is 0.0869. The maximum atomic E-state index is 11.6. The van der Waals surface area contributed by atoms with Gasteiger partial charge in [0.15, 0.2) is 0 Å². The van der Waals surface area contributed by atoms with Crippen LogP contribution in [0.5, 0.6) is 0 Å². The number of hydrogen-bond donors (Lipinski definition) is 1. The summed E-state index contributed by atoms with van der Waals surface area (Å²) in [6, 6.07) is 9.85. The van der Waals surface area contributed by atoms with Crippen molar-refractivity contribution in [2.75, 3.05) is 0 Å². The summed E-state index contributed by atoms with van der Waals surface area (Å²) in [6.07, 6.45) is 1.77. The van der Waals surface area contributed by atoms with Crippen LogP contribution in [0.3, 0.4) is 0 Å². The summed E-state index contributed by atoms with van der Waals surface area (Å²) in [5.74, 6) is 1.35. The highest BCUT2D eigenvalue weighted by Crippen LogP contribution is 2.19. The molecule has 0 amide bonds. The monoisotopic (exact) mass is 256 g/mol. The van der Waals surface area contributed by atoms with Gasteiger partial charge in [-0.1, -0.05) is 39.0 Å². The van der Waals surface area contributed by atoms with Gasteiger partial charge in [-0.05, 0) is 24.0 Å². The van der Waals surface area contributed by atoms with E-state index in [-0.39, 0.29) is 5.56 Å². The summed E-state index contributed by atoms with van der Waals surface area (Å²) < 4.78 is 0. The molecule has 1 aromatic carbocycles. The highest BCUT2D eigenvalue weighted by Gasteiger charge is 2.05. The molecule has 0 aliphatic heterocycles. The predicted molar refractivity (Wildman–Crippen MR) is 78.2 cm³/mol. The third-order valence-corrected chi connectivity index (χ3v) is 2.99. The van der Waals surface area contributed by atoms with Crippen LogP contribution in [-0.2, 0) is 12.8 Å². The summed E-state index contributed by atoms with van der Waals surface area (Å²) >= 11 is 0. The Labute approximate surface area is 113 Å². The Morgan fingerprint density at radius 3 is 2.74 bits per heavy atom. The second kappa shape index (κ2) is 5.83. The molecule has 0 radical (unpaired) electrons. The predicted octanol–water partition coefficient (Wildman–Crippen LogP) is 3.20. The molecule has 0 aliphatic rings. The smallest absolute Gasteiger partial charge is 0.251 e. The normalized spacial score (nSPS) is 10.9. The first-order chi connectivity index (χ1) is 9.08. The minimum atomic E-state index is -0.0869. The number of hydrogen-bond acceptors (Lipinski definition) is 2. The van der Waals surface area contributed by atoms with Gasteiger partial charge in [-0.25, -0.2) is 4.98 Å². The third kappa shape index (κ3) is 3.53. The van der Waals surface area contributed by atoms with E-state index in [2.05, 4.69) is 35.9 Å². The summed E-state index contributed by atoms with van der Waals surface area (Å²) in [7, 11) is 0. The average Bonchev–Trinajstić information content (AvgIpc) is 2.37. The SMILES string of the molecule is CCc1nc(-c2cccc(CC(C)C)c2)cc(=O)[nH]1. The molecule has 19 heavy (non-hydrogen) atoms. The molecule has 1 N–H and O–H groups in total. The highest BCUT2D eigenvalue weighted by molar-refractivity contribution is 5.59.